The molecule has 2 rings (SSSR count). The van der Waals surface area contributed by atoms with E-state index in [1.165, 1.54) is 0 Å². The highest BCUT2D eigenvalue weighted by molar-refractivity contribution is 7.87. The van der Waals surface area contributed by atoms with Gasteiger partial charge in [0, 0.05) is 6.42 Å². The average Bonchev–Trinajstić information content (AvgIpc) is 2.23. The third kappa shape index (κ3) is 2.88. The molecule has 0 aromatic rings. The minimum atomic E-state index is -5.84. The molecule has 2 aliphatic carbocycles. The van der Waals surface area contributed by atoms with Gasteiger partial charge in [-0.2, -0.15) is 21.6 Å². The zero-order valence-corrected chi connectivity index (χ0v) is 12.1. The van der Waals surface area contributed by atoms with Crippen LogP contribution in [0, 0.1) is 11.3 Å². The molecule has 0 radical (unpaired) electrons. The number of allylic oxidation sites excluding steroid dienone is 1. The summed E-state index contributed by atoms with van der Waals surface area (Å²) in [6.45, 7) is 1.56. The molecule has 0 saturated heterocycles. The summed E-state index contributed by atoms with van der Waals surface area (Å²) in [4.78, 5) is 11.2. The Morgan fingerprint density at radius 2 is 1.95 bits per heavy atom. The van der Waals surface area contributed by atoms with Crippen LogP contribution in [-0.2, 0) is 19.1 Å². The highest BCUT2D eigenvalue weighted by atomic mass is 32.2. The monoisotopic (exact) mass is 328 g/mol. The van der Waals surface area contributed by atoms with Crippen LogP contribution in [0.4, 0.5) is 13.2 Å². The zero-order valence-electron chi connectivity index (χ0n) is 11.2. The average molecular weight is 328 g/mol. The fourth-order valence-corrected chi connectivity index (χ4v) is 3.68. The van der Waals surface area contributed by atoms with E-state index in [4.69, 9.17) is 5.11 Å². The van der Waals surface area contributed by atoms with Gasteiger partial charge in [0.25, 0.3) is 0 Å². The Bertz CT molecular complexity index is 587. The Morgan fingerprint density at radius 3 is 2.33 bits per heavy atom. The first kappa shape index (κ1) is 16.1. The van der Waals surface area contributed by atoms with E-state index in [9.17, 15) is 26.4 Å². The summed E-state index contributed by atoms with van der Waals surface area (Å²) in [5.74, 6) is -2.56. The summed E-state index contributed by atoms with van der Waals surface area (Å²) in [6, 6.07) is 0. The molecule has 1 atom stereocenters. The van der Waals surface area contributed by atoms with Crippen molar-refractivity contribution in [3.63, 3.8) is 0 Å². The Balaban J connectivity index is 2.40. The lowest BCUT2D eigenvalue weighted by Crippen LogP contribution is -2.39. The van der Waals surface area contributed by atoms with Gasteiger partial charge in [-0.3, -0.25) is 0 Å². The Kier molecular flexibility index (Phi) is 3.76. The summed E-state index contributed by atoms with van der Waals surface area (Å²) in [5.41, 5.74) is -6.27. The van der Waals surface area contributed by atoms with Crippen LogP contribution in [-0.4, -0.2) is 25.0 Å². The van der Waals surface area contributed by atoms with E-state index in [0.717, 1.165) is 19.3 Å². The van der Waals surface area contributed by atoms with E-state index in [0.29, 0.717) is 6.42 Å². The van der Waals surface area contributed by atoms with Gasteiger partial charge in [-0.15, -0.1) is 0 Å². The lowest BCUT2D eigenvalue weighted by molar-refractivity contribution is -0.134. The number of halogens is 3. The highest BCUT2D eigenvalue weighted by Crippen LogP contribution is 2.55. The molecule has 2 aliphatic rings. The summed E-state index contributed by atoms with van der Waals surface area (Å²) < 4.78 is 63.7. The second-order valence-electron chi connectivity index (χ2n) is 5.76. The van der Waals surface area contributed by atoms with Gasteiger partial charge in [-0.05, 0) is 30.6 Å². The maximum Gasteiger partial charge on any atom is 0.534 e. The zero-order chi connectivity index (χ0) is 16.1. The van der Waals surface area contributed by atoms with Gasteiger partial charge in [0.15, 0.2) is 0 Å². The highest BCUT2D eigenvalue weighted by Gasteiger charge is 2.52. The molecule has 21 heavy (non-hydrogen) atoms. The normalized spacial score (nSPS) is 25.6. The number of hydrogen-bond donors (Lipinski definition) is 1. The van der Waals surface area contributed by atoms with E-state index in [-0.39, 0.29) is 17.4 Å². The van der Waals surface area contributed by atoms with Crippen LogP contribution < -0.4 is 0 Å². The minimum absolute atomic E-state index is 0.0751. The van der Waals surface area contributed by atoms with Crippen LogP contribution in [0.1, 0.15) is 39.0 Å². The second-order valence-corrected chi connectivity index (χ2v) is 7.30. The van der Waals surface area contributed by atoms with Gasteiger partial charge < -0.3 is 9.29 Å². The molecule has 1 saturated carbocycles. The van der Waals surface area contributed by atoms with Gasteiger partial charge in [-0.25, -0.2) is 4.79 Å². The van der Waals surface area contributed by atoms with E-state index in [2.05, 4.69) is 4.18 Å². The van der Waals surface area contributed by atoms with Gasteiger partial charge in [0.1, 0.15) is 5.76 Å². The van der Waals surface area contributed by atoms with E-state index in [1.807, 2.05) is 0 Å². The molecule has 120 valence electrons. The van der Waals surface area contributed by atoms with Crippen molar-refractivity contribution in [2.45, 2.75) is 44.5 Å². The van der Waals surface area contributed by atoms with Crippen molar-refractivity contribution in [2.75, 3.05) is 0 Å². The van der Waals surface area contributed by atoms with Gasteiger partial charge >= 0.3 is 21.6 Å². The van der Waals surface area contributed by atoms with Crippen LogP contribution in [0.15, 0.2) is 11.3 Å². The number of hydrogen-bond acceptors (Lipinski definition) is 4. The number of rotatable bonds is 3. The third-order valence-electron chi connectivity index (χ3n) is 4.21. The van der Waals surface area contributed by atoms with Crippen LogP contribution >= 0.6 is 0 Å². The summed E-state index contributed by atoms with van der Waals surface area (Å²) in [5, 5.41) is 9.13. The molecule has 9 heteroatoms. The van der Waals surface area contributed by atoms with Crippen LogP contribution in [0.3, 0.4) is 0 Å². The molecule has 0 amide bonds. The first-order chi connectivity index (χ1) is 9.47. The molecular weight excluding hydrogens is 313 g/mol. The predicted octanol–water partition coefficient (Wildman–Crippen LogP) is 2.79. The van der Waals surface area contributed by atoms with Crippen molar-refractivity contribution in [1.82, 2.24) is 0 Å². The molecule has 1 spiro atoms. The van der Waals surface area contributed by atoms with Gasteiger partial charge in [0.05, 0.1) is 5.57 Å². The summed E-state index contributed by atoms with van der Waals surface area (Å²) in [6.07, 6.45) is 2.82. The van der Waals surface area contributed by atoms with Crippen molar-refractivity contribution in [2.24, 2.45) is 11.3 Å². The molecule has 0 aromatic carbocycles. The molecule has 0 aromatic heterocycles. The van der Waals surface area contributed by atoms with Crippen LogP contribution in [0.25, 0.3) is 0 Å². The molecule has 1 unspecified atom stereocenters. The smallest absolute Gasteiger partial charge is 0.478 e. The molecule has 0 heterocycles. The first-order valence-corrected chi connectivity index (χ1v) is 7.85. The Hall–Kier alpha value is -1.25. The van der Waals surface area contributed by atoms with Crippen molar-refractivity contribution in [3.05, 3.63) is 11.3 Å². The number of carboxylic acid groups (broad SMARTS) is 1. The number of alkyl halides is 3. The predicted molar refractivity (Wildman–Crippen MR) is 65.4 cm³/mol. The lowest BCUT2D eigenvalue weighted by atomic mass is 9.59. The molecule has 5 nitrogen and oxygen atoms in total. The third-order valence-corrected chi connectivity index (χ3v) is 5.19. The van der Waals surface area contributed by atoms with Gasteiger partial charge in [0.2, 0.25) is 0 Å². The van der Waals surface area contributed by atoms with E-state index >= 15 is 0 Å². The second kappa shape index (κ2) is 4.89. The van der Waals surface area contributed by atoms with Crippen molar-refractivity contribution >= 4 is 16.1 Å². The quantitative estimate of drug-likeness (QED) is 0.636. The summed E-state index contributed by atoms with van der Waals surface area (Å²) in [7, 11) is -5.84. The van der Waals surface area contributed by atoms with E-state index in [1.54, 1.807) is 6.92 Å². The minimum Gasteiger partial charge on any atom is -0.478 e. The fraction of sp³-hybridized carbons (Fsp3) is 0.750. The van der Waals surface area contributed by atoms with Crippen LogP contribution in [0.5, 0.6) is 0 Å². The molecule has 0 aliphatic heterocycles. The Labute approximate surface area is 119 Å². The van der Waals surface area contributed by atoms with Crippen LogP contribution in [0.2, 0.25) is 0 Å². The number of aliphatic carboxylic acids is 1. The molecule has 0 bridgehead atoms. The first-order valence-electron chi connectivity index (χ1n) is 6.44. The van der Waals surface area contributed by atoms with Crippen molar-refractivity contribution in [1.29, 1.82) is 0 Å². The van der Waals surface area contributed by atoms with E-state index < -0.39 is 33.3 Å². The molecule has 1 fully saturated rings. The Morgan fingerprint density at radius 1 is 1.38 bits per heavy atom. The summed E-state index contributed by atoms with van der Waals surface area (Å²) >= 11 is 0. The number of carbonyl (C=O) groups is 1. The van der Waals surface area contributed by atoms with Crippen molar-refractivity contribution < 1.29 is 35.7 Å². The van der Waals surface area contributed by atoms with Crippen molar-refractivity contribution in [3.8, 4) is 0 Å². The SMILES string of the molecule is CC1CC2(CCC2)CC(OS(=O)(=O)C(F)(F)F)=C1C(=O)O. The number of carboxylic acids is 1. The van der Waals surface area contributed by atoms with Gasteiger partial charge in [-0.1, -0.05) is 13.3 Å². The molecular formula is C12H15F3O5S. The molecule has 1 N–H and O–H groups in total. The standard InChI is InChI=1S/C12H15F3O5S/c1-7-5-11(3-2-4-11)6-8(9(7)10(16)17)20-21(18,19)12(13,14)15/h7H,2-6H2,1H3,(H,16,17). The topological polar surface area (TPSA) is 80.7 Å². The largest absolute Gasteiger partial charge is 0.534 e. The fourth-order valence-electron chi connectivity index (χ4n) is 3.18. The maximum atomic E-state index is 12.4. The maximum absolute atomic E-state index is 12.4. The lowest BCUT2D eigenvalue weighted by Gasteiger charge is -2.47.